The Morgan fingerprint density at radius 2 is 2.13 bits per heavy atom. The minimum absolute atomic E-state index is 0.0947. The number of rotatable bonds is 6. The highest BCUT2D eigenvalue weighted by Gasteiger charge is 2.44. The van der Waals surface area contributed by atoms with Crippen LogP contribution in [0.25, 0.3) is 0 Å². The van der Waals surface area contributed by atoms with E-state index in [1.807, 2.05) is 13.8 Å². The van der Waals surface area contributed by atoms with Gasteiger partial charge in [0.2, 0.25) is 5.91 Å². The first kappa shape index (κ1) is 17.1. The Bertz CT molecular complexity index is 624. The van der Waals surface area contributed by atoms with Crippen LogP contribution in [0.4, 0.5) is 5.69 Å². The van der Waals surface area contributed by atoms with Crippen molar-refractivity contribution < 1.29 is 9.53 Å². The van der Waals surface area contributed by atoms with Gasteiger partial charge in [0, 0.05) is 16.4 Å². The summed E-state index contributed by atoms with van der Waals surface area (Å²) >= 11 is 2.38. The summed E-state index contributed by atoms with van der Waals surface area (Å²) in [5.41, 5.74) is 4.22. The van der Waals surface area contributed by atoms with Gasteiger partial charge in [-0.25, -0.2) is 0 Å². The molecule has 1 N–H and O–H groups in total. The van der Waals surface area contributed by atoms with Crippen molar-refractivity contribution in [3.63, 3.8) is 0 Å². The lowest BCUT2D eigenvalue weighted by atomic mass is 9.83. The second kappa shape index (κ2) is 6.61. The van der Waals surface area contributed by atoms with Gasteiger partial charge in [0.15, 0.2) is 0 Å². The molecule has 0 radical (unpaired) electrons. The summed E-state index contributed by atoms with van der Waals surface area (Å²) in [5, 5.41) is 3.14. The molecular weight excluding hydrogens is 401 g/mol. The zero-order chi connectivity index (χ0) is 16.6. The summed E-state index contributed by atoms with van der Waals surface area (Å²) in [7, 11) is 0. The van der Waals surface area contributed by atoms with Crippen LogP contribution in [0.1, 0.15) is 63.1 Å². The van der Waals surface area contributed by atoms with E-state index in [9.17, 15) is 4.79 Å². The molecule has 2 heterocycles. The Balaban J connectivity index is 1.97. The molecule has 1 unspecified atom stereocenters. The predicted molar refractivity (Wildman–Crippen MR) is 103 cm³/mol. The highest BCUT2D eigenvalue weighted by Crippen LogP contribution is 2.49. The summed E-state index contributed by atoms with van der Waals surface area (Å²) in [6, 6.07) is 2.29. The van der Waals surface area contributed by atoms with Crippen LogP contribution in [-0.4, -0.2) is 16.4 Å². The zero-order valence-corrected chi connectivity index (χ0v) is 16.5. The lowest BCUT2D eigenvalue weighted by Gasteiger charge is -2.20. The van der Waals surface area contributed by atoms with E-state index in [0.717, 1.165) is 34.3 Å². The van der Waals surface area contributed by atoms with Crippen LogP contribution in [0.5, 0.6) is 5.75 Å². The minimum atomic E-state index is -0.501. The van der Waals surface area contributed by atoms with Gasteiger partial charge in [0.25, 0.3) is 0 Å². The van der Waals surface area contributed by atoms with Gasteiger partial charge in [0.1, 0.15) is 11.9 Å². The monoisotopic (exact) mass is 427 g/mol. The third-order valence-electron chi connectivity index (χ3n) is 5.07. The fraction of sp³-hybridized carbons (Fsp3) is 0.632. The number of alkyl halides is 1. The van der Waals surface area contributed by atoms with E-state index in [1.165, 1.54) is 36.8 Å². The Hall–Kier alpha value is -0.780. The topological polar surface area (TPSA) is 38.3 Å². The molecule has 23 heavy (non-hydrogen) atoms. The molecular formula is C19H26INO2. The number of amides is 1. The molecule has 0 fully saturated rings. The van der Waals surface area contributed by atoms with E-state index in [4.69, 9.17) is 4.74 Å². The first-order chi connectivity index (χ1) is 11.0. The number of benzene rings is 1. The second-order valence-corrected chi connectivity index (χ2v) is 8.14. The maximum Gasteiger partial charge on any atom is 0.234 e. The number of unbranched alkanes of at least 4 members (excludes halogenated alkanes) is 3. The third-order valence-corrected chi connectivity index (χ3v) is 6.06. The van der Waals surface area contributed by atoms with Crippen LogP contribution >= 0.6 is 22.6 Å². The number of carbonyl (C=O) groups excluding carboxylic acids is 1. The molecule has 2 aliphatic heterocycles. The number of aryl methyl sites for hydroxylation is 1. The molecule has 1 atom stereocenters. The highest BCUT2D eigenvalue weighted by molar-refractivity contribution is 14.1. The smallest absolute Gasteiger partial charge is 0.234 e. The summed E-state index contributed by atoms with van der Waals surface area (Å²) in [4.78, 5) is 12.5. The molecule has 1 aromatic rings. The number of anilines is 1. The summed E-state index contributed by atoms with van der Waals surface area (Å²) in [5.74, 6) is 1.07. The molecule has 126 valence electrons. The van der Waals surface area contributed by atoms with Crippen LogP contribution in [0.2, 0.25) is 0 Å². The molecule has 3 nitrogen and oxygen atoms in total. The van der Waals surface area contributed by atoms with Gasteiger partial charge in [-0.15, -0.1) is 0 Å². The largest absolute Gasteiger partial charge is 0.489 e. The van der Waals surface area contributed by atoms with Gasteiger partial charge in [-0.05, 0) is 43.9 Å². The van der Waals surface area contributed by atoms with E-state index in [1.54, 1.807) is 0 Å². The molecule has 0 saturated carbocycles. The van der Waals surface area contributed by atoms with Gasteiger partial charge in [-0.3, -0.25) is 4.79 Å². The van der Waals surface area contributed by atoms with Gasteiger partial charge >= 0.3 is 0 Å². The van der Waals surface area contributed by atoms with Crippen LogP contribution in [0, 0.1) is 0 Å². The molecule has 0 aromatic heterocycles. The van der Waals surface area contributed by atoms with Crippen molar-refractivity contribution in [3.8, 4) is 5.75 Å². The Morgan fingerprint density at radius 3 is 2.83 bits per heavy atom. The SMILES string of the molecule is CCCCCCc1cc2c(c3c1NC(=O)C3(C)C)OC(CI)C2. The number of ether oxygens (including phenoxy) is 1. The van der Waals surface area contributed by atoms with E-state index in [0.29, 0.717) is 0 Å². The van der Waals surface area contributed by atoms with Crippen molar-refractivity contribution in [1.29, 1.82) is 0 Å². The number of fused-ring (bicyclic) bond motifs is 3. The number of halogens is 1. The zero-order valence-electron chi connectivity index (χ0n) is 14.3. The molecule has 1 amide bonds. The van der Waals surface area contributed by atoms with Crippen molar-refractivity contribution in [2.45, 2.75) is 70.8 Å². The number of nitrogens with one attached hydrogen (secondary N) is 1. The fourth-order valence-corrected chi connectivity index (χ4v) is 4.16. The van der Waals surface area contributed by atoms with Gasteiger partial charge in [-0.2, -0.15) is 0 Å². The maximum absolute atomic E-state index is 12.5. The van der Waals surface area contributed by atoms with E-state index in [2.05, 4.69) is 40.9 Å². The summed E-state index contributed by atoms with van der Waals surface area (Å²) < 4.78 is 7.16. The van der Waals surface area contributed by atoms with E-state index >= 15 is 0 Å². The van der Waals surface area contributed by atoms with E-state index in [-0.39, 0.29) is 12.0 Å². The molecule has 4 heteroatoms. The van der Waals surface area contributed by atoms with Crippen molar-refractivity contribution in [2.24, 2.45) is 0 Å². The fourth-order valence-electron chi connectivity index (χ4n) is 3.67. The molecule has 2 aliphatic rings. The number of hydrogen-bond acceptors (Lipinski definition) is 2. The van der Waals surface area contributed by atoms with Crippen LogP contribution in [-0.2, 0) is 23.1 Å². The Morgan fingerprint density at radius 1 is 1.35 bits per heavy atom. The average Bonchev–Trinajstić information content (AvgIpc) is 3.02. The first-order valence-corrected chi connectivity index (χ1v) is 10.2. The minimum Gasteiger partial charge on any atom is -0.489 e. The quantitative estimate of drug-likeness (QED) is 0.403. The summed E-state index contributed by atoms with van der Waals surface area (Å²) in [6.07, 6.45) is 7.23. The van der Waals surface area contributed by atoms with Gasteiger partial charge in [-0.1, -0.05) is 48.8 Å². The number of hydrogen-bond donors (Lipinski definition) is 1. The number of carbonyl (C=O) groups is 1. The second-order valence-electron chi connectivity index (χ2n) is 7.26. The van der Waals surface area contributed by atoms with Crippen molar-refractivity contribution in [2.75, 3.05) is 9.74 Å². The lowest BCUT2D eigenvalue weighted by molar-refractivity contribution is -0.119. The lowest BCUT2D eigenvalue weighted by Crippen LogP contribution is -2.27. The molecule has 0 bridgehead atoms. The van der Waals surface area contributed by atoms with Crippen LogP contribution in [0.15, 0.2) is 6.07 Å². The Labute approximate surface area is 152 Å². The average molecular weight is 427 g/mol. The first-order valence-electron chi connectivity index (χ1n) is 8.72. The standard InChI is InChI=1S/C19H26INO2/c1-4-5-6-7-8-12-9-13-10-14(11-20)23-17(13)15-16(12)21-18(22)19(15,2)3/h9,14H,4-8,10-11H2,1-3H3,(H,21,22). The molecule has 0 aliphatic carbocycles. The van der Waals surface area contributed by atoms with Crippen LogP contribution in [0.3, 0.4) is 0 Å². The van der Waals surface area contributed by atoms with Crippen molar-refractivity contribution >= 4 is 34.2 Å². The molecule has 3 rings (SSSR count). The molecule has 0 spiro atoms. The van der Waals surface area contributed by atoms with Gasteiger partial charge < -0.3 is 10.1 Å². The Kier molecular flexibility index (Phi) is 4.90. The summed E-state index contributed by atoms with van der Waals surface area (Å²) in [6.45, 7) is 6.25. The van der Waals surface area contributed by atoms with Crippen molar-refractivity contribution in [3.05, 3.63) is 22.8 Å². The molecule has 1 aromatic carbocycles. The van der Waals surface area contributed by atoms with Crippen molar-refractivity contribution in [1.82, 2.24) is 0 Å². The third kappa shape index (κ3) is 2.99. The van der Waals surface area contributed by atoms with E-state index < -0.39 is 5.41 Å². The normalized spacial score (nSPS) is 20.9. The van der Waals surface area contributed by atoms with Crippen LogP contribution < -0.4 is 10.1 Å². The van der Waals surface area contributed by atoms with Gasteiger partial charge in [0.05, 0.1) is 11.1 Å². The predicted octanol–water partition coefficient (Wildman–Crippen LogP) is 4.78. The molecule has 0 saturated heterocycles. The maximum atomic E-state index is 12.5. The highest BCUT2D eigenvalue weighted by atomic mass is 127.